The molecule has 0 spiro atoms. The second kappa shape index (κ2) is 4.95. The van der Waals surface area contributed by atoms with Crippen LogP contribution in [0.2, 0.25) is 0 Å². The largest absolute Gasteiger partial charge is 0.287 e. The van der Waals surface area contributed by atoms with Gasteiger partial charge in [-0.2, -0.15) is 0 Å². The van der Waals surface area contributed by atoms with Crippen LogP contribution in [0.4, 0.5) is 0 Å². The number of fused-ring (bicyclic) bond motifs is 3. The average molecular weight is 304 g/mol. The Balaban J connectivity index is 2.06. The van der Waals surface area contributed by atoms with E-state index in [2.05, 4.69) is 9.97 Å². The van der Waals surface area contributed by atoms with E-state index >= 15 is 0 Å². The van der Waals surface area contributed by atoms with Crippen molar-refractivity contribution in [2.45, 2.75) is 33.1 Å². The number of benzene rings is 2. The molecule has 0 radical (unpaired) electrons. The smallest absolute Gasteiger partial charge is 0.209 e. The first-order valence-corrected chi connectivity index (χ1v) is 7.98. The van der Waals surface area contributed by atoms with Gasteiger partial charge in [0.1, 0.15) is 0 Å². The molecule has 4 aromatic rings. The van der Waals surface area contributed by atoms with Crippen molar-refractivity contribution in [3.05, 3.63) is 56.1 Å². The summed E-state index contributed by atoms with van der Waals surface area (Å²) in [5.41, 5.74) is 2.69. The number of hydrogen-bond donors (Lipinski definition) is 0. The van der Waals surface area contributed by atoms with Crippen LogP contribution >= 0.6 is 0 Å². The van der Waals surface area contributed by atoms with Crippen molar-refractivity contribution >= 4 is 32.6 Å². The van der Waals surface area contributed by atoms with E-state index in [0.29, 0.717) is 46.0 Å². The van der Waals surface area contributed by atoms with Gasteiger partial charge in [-0.05, 0) is 47.9 Å². The molecule has 114 valence electrons. The van der Waals surface area contributed by atoms with Gasteiger partial charge in [-0.3, -0.25) is 9.59 Å². The highest BCUT2D eigenvalue weighted by molar-refractivity contribution is 6.03. The molecule has 0 aliphatic rings. The van der Waals surface area contributed by atoms with Gasteiger partial charge in [-0.25, -0.2) is 9.97 Å². The Hall–Kier alpha value is -2.62. The van der Waals surface area contributed by atoms with Crippen LogP contribution in [0.15, 0.2) is 33.9 Å². The highest BCUT2D eigenvalue weighted by Gasteiger charge is 2.13. The number of nitrogens with zero attached hydrogens (tertiary/aromatic N) is 2. The van der Waals surface area contributed by atoms with Crippen molar-refractivity contribution in [2.75, 3.05) is 0 Å². The van der Waals surface area contributed by atoms with Crippen molar-refractivity contribution in [3.8, 4) is 0 Å². The Morgan fingerprint density at radius 2 is 1.30 bits per heavy atom. The summed E-state index contributed by atoms with van der Waals surface area (Å²) in [6, 6.07) is 7.56. The SMILES string of the molecule is CCCc1nc2cc3cc4c(=O)c(CC)nc4cc3cc2c1=O. The molecule has 0 saturated carbocycles. The van der Waals surface area contributed by atoms with Crippen LogP contribution in [0.25, 0.3) is 32.6 Å². The third-order valence-electron chi connectivity index (χ3n) is 4.42. The van der Waals surface area contributed by atoms with Crippen molar-refractivity contribution in [1.82, 2.24) is 9.97 Å². The summed E-state index contributed by atoms with van der Waals surface area (Å²) in [6.07, 6.45) is 2.22. The maximum absolute atomic E-state index is 12.4. The first-order valence-electron chi connectivity index (χ1n) is 7.98. The Morgan fingerprint density at radius 3 is 1.83 bits per heavy atom. The molecule has 0 atom stereocenters. The predicted molar refractivity (Wildman–Crippen MR) is 92.8 cm³/mol. The van der Waals surface area contributed by atoms with Crippen molar-refractivity contribution in [2.24, 2.45) is 0 Å². The maximum Gasteiger partial charge on any atom is 0.209 e. The van der Waals surface area contributed by atoms with Crippen LogP contribution in [0.1, 0.15) is 31.7 Å². The fourth-order valence-electron chi connectivity index (χ4n) is 3.22. The Kier molecular flexibility index (Phi) is 3.01. The minimum atomic E-state index is 0.0103. The molecule has 2 aromatic heterocycles. The molecule has 0 unspecified atom stereocenters. The molecule has 0 saturated heterocycles. The Morgan fingerprint density at radius 1 is 0.783 bits per heavy atom. The molecule has 4 nitrogen and oxygen atoms in total. The van der Waals surface area contributed by atoms with Gasteiger partial charge in [0, 0.05) is 0 Å². The molecule has 0 bridgehead atoms. The van der Waals surface area contributed by atoms with Crippen LogP contribution in [-0.2, 0) is 12.8 Å². The number of aryl methyl sites for hydroxylation is 2. The maximum atomic E-state index is 12.4. The lowest BCUT2D eigenvalue weighted by atomic mass is 10.1. The summed E-state index contributed by atoms with van der Waals surface area (Å²) in [4.78, 5) is 33.6. The topological polar surface area (TPSA) is 59.9 Å². The molecule has 0 aliphatic carbocycles. The van der Waals surface area contributed by atoms with E-state index in [4.69, 9.17) is 0 Å². The molecule has 2 aromatic carbocycles. The Labute approximate surface area is 132 Å². The lowest BCUT2D eigenvalue weighted by Crippen LogP contribution is -2.03. The molecule has 0 aliphatic heterocycles. The first kappa shape index (κ1) is 14.0. The summed E-state index contributed by atoms with van der Waals surface area (Å²) >= 11 is 0. The lowest BCUT2D eigenvalue weighted by molar-refractivity contribution is 0.889. The quantitative estimate of drug-likeness (QED) is 0.583. The monoisotopic (exact) mass is 304 g/mol. The van der Waals surface area contributed by atoms with E-state index in [0.717, 1.165) is 17.2 Å². The summed E-state index contributed by atoms with van der Waals surface area (Å²) in [6.45, 7) is 3.97. The van der Waals surface area contributed by atoms with E-state index in [1.165, 1.54) is 0 Å². The van der Waals surface area contributed by atoms with Gasteiger partial charge in [0.05, 0.1) is 33.2 Å². The molecule has 4 heteroatoms. The van der Waals surface area contributed by atoms with Crippen LogP contribution in [0.3, 0.4) is 0 Å². The van der Waals surface area contributed by atoms with Crippen LogP contribution < -0.4 is 10.9 Å². The standard InChI is InChI=1S/C19H16N2O2/c1-3-5-15-19(23)13-7-11-8-16-12(18(22)14(4-2)20-16)6-10(11)9-17(13)21-15/h6-9H,3-5H2,1-2H3. The fourth-order valence-corrected chi connectivity index (χ4v) is 3.22. The van der Waals surface area contributed by atoms with Gasteiger partial charge in [0.2, 0.25) is 10.9 Å². The highest BCUT2D eigenvalue weighted by Crippen LogP contribution is 2.25. The molecular weight excluding hydrogens is 288 g/mol. The van der Waals surface area contributed by atoms with Gasteiger partial charge in [-0.1, -0.05) is 20.3 Å². The molecule has 0 fully saturated rings. The molecule has 0 N–H and O–H groups in total. The summed E-state index contributed by atoms with van der Waals surface area (Å²) < 4.78 is 0. The van der Waals surface area contributed by atoms with Crippen molar-refractivity contribution in [1.29, 1.82) is 0 Å². The minimum Gasteiger partial charge on any atom is -0.287 e. The molecule has 23 heavy (non-hydrogen) atoms. The van der Waals surface area contributed by atoms with Gasteiger partial charge < -0.3 is 0 Å². The molecule has 0 amide bonds. The van der Waals surface area contributed by atoms with E-state index in [1.54, 1.807) is 0 Å². The highest BCUT2D eigenvalue weighted by atomic mass is 16.1. The van der Waals surface area contributed by atoms with Gasteiger partial charge >= 0.3 is 0 Å². The van der Waals surface area contributed by atoms with E-state index < -0.39 is 0 Å². The van der Waals surface area contributed by atoms with E-state index in [-0.39, 0.29) is 10.9 Å². The van der Waals surface area contributed by atoms with Gasteiger partial charge in [0.25, 0.3) is 0 Å². The Bertz CT molecular complexity index is 1150. The molecule has 2 heterocycles. The van der Waals surface area contributed by atoms with Crippen LogP contribution in [-0.4, -0.2) is 9.97 Å². The summed E-state index contributed by atoms with van der Waals surface area (Å²) in [5, 5.41) is 3.16. The van der Waals surface area contributed by atoms with E-state index in [1.807, 2.05) is 38.1 Å². The van der Waals surface area contributed by atoms with Crippen molar-refractivity contribution < 1.29 is 0 Å². The minimum absolute atomic E-state index is 0.0103. The second-order valence-corrected chi connectivity index (χ2v) is 5.96. The predicted octanol–water partition coefficient (Wildman–Crippen LogP) is 3.05. The van der Waals surface area contributed by atoms with Gasteiger partial charge in [0.15, 0.2) is 0 Å². The zero-order valence-corrected chi connectivity index (χ0v) is 13.1. The fraction of sp³-hybridized carbons (Fsp3) is 0.263. The van der Waals surface area contributed by atoms with Crippen LogP contribution in [0.5, 0.6) is 0 Å². The third kappa shape index (κ3) is 1.98. The first-order chi connectivity index (χ1) is 11.1. The second-order valence-electron chi connectivity index (χ2n) is 5.96. The molecular formula is C19H16N2O2. The summed E-state index contributed by atoms with van der Waals surface area (Å²) in [5.74, 6) is 0. The number of rotatable bonds is 3. The van der Waals surface area contributed by atoms with Gasteiger partial charge in [-0.15, -0.1) is 0 Å². The zero-order chi connectivity index (χ0) is 16.1. The number of aromatic nitrogens is 2. The average Bonchev–Trinajstić information content (AvgIpc) is 3.02. The zero-order valence-electron chi connectivity index (χ0n) is 13.1. The summed E-state index contributed by atoms with van der Waals surface area (Å²) in [7, 11) is 0. The van der Waals surface area contributed by atoms with E-state index in [9.17, 15) is 9.59 Å². The lowest BCUT2D eigenvalue weighted by Gasteiger charge is -1.98. The third-order valence-corrected chi connectivity index (χ3v) is 4.42. The number of hydrogen-bond acceptors (Lipinski definition) is 4. The van der Waals surface area contributed by atoms with Crippen LogP contribution in [0, 0.1) is 0 Å². The van der Waals surface area contributed by atoms with Crippen molar-refractivity contribution in [3.63, 3.8) is 0 Å². The molecule has 4 rings (SSSR count). The normalized spacial score (nSPS) is 11.9.